The number of rotatable bonds is 2. The molecule has 4 nitrogen and oxygen atoms in total. The van der Waals surface area contributed by atoms with Crippen LogP contribution in [-0.4, -0.2) is 10.5 Å². The van der Waals surface area contributed by atoms with Crippen LogP contribution >= 0.6 is 22.9 Å². The molecule has 2 aromatic heterocycles. The van der Waals surface area contributed by atoms with Gasteiger partial charge in [-0.15, -0.1) is 11.3 Å². The molecule has 6 heteroatoms. The molecule has 0 spiro atoms. The zero-order valence-corrected chi connectivity index (χ0v) is 15.3. The quantitative estimate of drug-likeness (QED) is 0.698. The van der Waals surface area contributed by atoms with E-state index in [0.29, 0.717) is 21.3 Å². The molecule has 0 atom stereocenters. The lowest BCUT2D eigenvalue weighted by Crippen LogP contribution is -2.15. The third-order valence-corrected chi connectivity index (χ3v) is 6.19. The summed E-state index contributed by atoms with van der Waals surface area (Å²) in [7, 11) is 1.85. The maximum Gasteiger partial charge on any atom is 0.272 e. The molecule has 4 rings (SSSR count). The smallest absolute Gasteiger partial charge is 0.272 e. The minimum atomic E-state index is -0.204. The van der Waals surface area contributed by atoms with Gasteiger partial charge in [-0.1, -0.05) is 17.7 Å². The first-order valence-corrected chi connectivity index (χ1v) is 9.39. The van der Waals surface area contributed by atoms with Crippen LogP contribution in [0.4, 0.5) is 5.00 Å². The SMILES string of the molecule is Cn1c(C(=O)Nc2sc3c(c2C#N)CCCC3)cc2ccc(Cl)cc21. The van der Waals surface area contributed by atoms with E-state index < -0.39 is 0 Å². The van der Waals surface area contributed by atoms with Gasteiger partial charge in [-0.2, -0.15) is 5.26 Å². The summed E-state index contributed by atoms with van der Waals surface area (Å²) in [5.41, 5.74) is 3.21. The van der Waals surface area contributed by atoms with E-state index in [1.165, 1.54) is 16.2 Å². The molecule has 0 saturated heterocycles. The molecule has 0 fully saturated rings. The second kappa shape index (κ2) is 6.21. The number of nitriles is 1. The van der Waals surface area contributed by atoms with Crippen molar-refractivity contribution in [3.8, 4) is 6.07 Å². The summed E-state index contributed by atoms with van der Waals surface area (Å²) >= 11 is 7.60. The molecule has 0 unspecified atom stereocenters. The Kier molecular flexibility index (Phi) is 4.03. The van der Waals surface area contributed by atoms with Crippen molar-refractivity contribution in [3.05, 3.63) is 51.0 Å². The van der Waals surface area contributed by atoms with Gasteiger partial charge in [0.15, 0.2) is 0 Å². The number of amides is 1. The van der Waals surface area contributed by atoms with Gasteiger partial charge in [0.2, 0.25) is 0 Å². The van der Waals surface area contributed by atoms with Crippen LogP contribution in [0.5, 0.6) is 0 Å². The van der Waals surface area contributed by atoms with Crippen molar-refractivity contribution in [2.24, 2.45) is 7.05 Å². The molecule has 0 radical (unpaired) electrons. The number of halogens is 1. The average Bonchev–Trinajstić information content (AvgIpc) is 3.12. The van der Waals surface area contributed by atoms with Gasteiger partial charge in [-0.3, -0.25) is 4.79 Å². The number of aromatic nitrogens is 1. The maximum atomic E-state index is 12.8. The summed E-state index contributed by atoms with van der Waals surface area (Å²) in [6.07, 6.45) is 4.18. The van der Waals surface area contributed by atoms with Crippen molar-refractivity contribution >= 4 is 44.7 Å². The van der Waals surface area contributed by atoms with Crippen LogP contribution in [-0.2, 0) is 19.9 Å². The average molecular weight is 370 g/mol. The third-order valence-electron chi connectivity index (χ3n) is 4.75. The zero-order valence-electron chi connectivity index (χ0n) is 13.7. The second-order valence-electron chi connectivity index (χ2n) is 6.27. The van der Waals surface area contributed by atoms with Gasteiger partial charge in [0.05, 0.1) is 5.56 Å². The summed E-state index contributed by atoms with van der Waals surface area (Å²) in [5.74, 6) is -0.204. The van der Waals surface area contributed by atoms with Crippen LogP contribution in [0.15, 0.2) is 24.3 Å². The zero-order chi connectivity index (χ0) is 17.6. The van der Waals surface area contributed by atoms with E-state index in [0.717, 1.165) is 42.1 Å². The molecule has 0 aliphatic heterocycles. The first kappa shape index (κ1) is 16.2. The number of fused-ring (bicyclic) bond motifs is 2. The summed E-state index contributed by atoms with van der Waals surface area (Å²) < 4.78 is 1.83. The Balaban J connectivity index is 1.70. The van der Waals surface area contributed by atoms with E-state index in [1.54, 1.807) is 0 Å². The van der Waals surface area contributed by atoms with Crippen LogP contribution in [0, 0.1) is 11.3 Å². The highest BCUT2D eigenvalue weighted by atomic mass is 35.5. The predicted octanol–water partition coefficient (Wildman–Crippen LogP) is 4.90. The predicted molar refractivity (Wildman–Crippen MR) is 102 cm³/mol. The third kappa shape index (κ3) is 2.72. The normalized spacial score (nSPS) is 13.5. The monoisotopic (exact) mass is 369 g/mol. The van der Waals surface area contributed by atoms with Crippen LogP contribution < -0.4 is 5.32 Å². The maximum absolute atomic E-state index is 12.8. The highest BCUT2D eigenvalue weighted by molar-refractivity contribution is 7.16. The Labute approximate surface area is 154 Å². The van der Waals surface area contributed by atoms with Gasteiger partial charge in [-0.25, -0.2) is 0 Å². The number of thiophene rings is 1. The number of nitrogens with one attached hydrogen (secondary N) is 1. The van der Waals surface area contributed by atoms with Gasteiger partial charge >= 0.3 is 0 Å². The fourth-order valence-electron chi connectivity index (χ4n) is 3.46. The molecule has 25 heavy (non-hydrogen) atoms. The first-order chi connectivity index (χ1) is 12.1. The molecule has 2 heterocycles. The van der Waals surface area contributed by atoms with E-state index >= 15 is 0 Å². The number of benzene rings is 1. The van der Waals surface area contributed by atoms with Crippen LogP contribution in [0.2, 0.25) is 5.02 Å². The Hall–Kier alpha value is -2.29. The van der Waals surface area contributed by atoms with Crippen LogP contribution in [0.25, 0.3) is 10.9 Å². The van der Waals surface area contributed by atoms with Crippen molar-refractivity contribution in [1.29, 1.82) is 5.26 Å². The highest BCUT2D eigenvalue weighted by Gasteiger charge is 2.23. The van der Waals surface area contributed by atoms with Crippen molar-refractivity contribution in [2.45, 2.75) is 25.7 Å². The number of hydrogen-bond acceptors (Lipinski definition) is 3. The molecule has 0 saturated carbocycles. The van der Waals surface area contributed by atoms with Gasteiger partial charge in [0.1, 0.15) is 16.8 Å². The van der Waals surface area contributed by atoms with Crippen LogP contribution in [0.3, 0.4) is 0 Å². The van der Waals surface area contributed by atoms with Crippen molar-refractivity contribution in [1.82, 2.24) is 4.57 Å². The molecule has 3 aromatic rings. The molecular formula is C19H16ClN3OS. The lowest BCUT2D eigenvalue weighted by atomic mass is 9.96. The number of nitrogens with zero attached hydrogens (tertiary/aromatic N) is 2. The summed E-state index contributed by atoms with van der Waals surface area (Å²) in [5, 5.41) is 14.8. The largest absolute Gasteiger partial charge is 0.340 e. The molecule has 0 bridgehead atoms. The summed E-state index contributed by atoms with van der Waals surface area (Å²) in [6.45, 7) is 0. The van der Waals surface area contributed by atoms with Crippen molar-refractivity contribution in [3.63, 3.8) is 0 Å². The van der Waals surface area contributed by atoms with E-state index in [2.05, 4.69) is 11.4 Å². The number of anilines is 1. The minimum Gasteiger partial charge on any atom is -0.340 e. The number of carbonyl (C=O) groups excluding carboxylic acids is 1. The van der Waals surface area contributed by atoms with Crippen molar-refractivity contribution < 1.29 is 4.79 Å². The number of hydrogen-bond donors (Lipinski definition) is 1. The van der Waals surface area contributed by atoms with Gasteiger partial charge in [0.25, 0.3) is 5.91 Å². The Bertz CT molecular complexity index is 1040. The molecule has 1 N–H and O–H groups in total. The molecule has 1 aliphatic carbocycles. The van der Waals surface area contributed by atoms with E-state index in [1.807, 2.05) is 35.9 Å². The molecular weight excluding hydrogens is 354 g/mol. The van der Waals surface area contributed by atoms with Gasteiger partial charge < -0.3 is 9.88 Å². The Morgan fingerprint density at radius 3 is 2.92 bits per heavy atom. The van der Waals surface area contributed by atoms with E-state index in [-0.39, 0.29) is 5.91 Å². The summed E-state index contributed by atoms with van der Waals surface area (Å²) in [6, 6.07) is 9.69. The highest BCUT2D eigenvalue weighted by Crippen LogP contribution is 2.38. The standard InChI is InChI=1S/C19H16ClN3OS/c1-23-15-9-12(20)7-6-11(15)8-16(23)18(24)22-19-14(10-21)13-4-2-3-5-17(13)25-19/h6-9H,2-5H2,1H3,(H,22,24). The summed E-state index contributed by atoms with van der Waals surface area (Å²) in [4.78, 5) is 14.0. The molecule has 1 aliphatic rings. The molecule has 1 aromatic carbocycles. The van der Waals surface area contributed by atoms with E-state index in [9.17, 15) is 10.1 Å². The fraction of sp³-hybridized carbons (Fsp3) is 0.263. The Morgan fingerprint density at radius 1 is 1.32 bits per heavy atom. The minimum absolute atomic E-state index is 0.204. The topological polar surface area (TPSA) is 57.8 Å². The first-order valence-electron chi connectivity index (χ1n) is 8.19. The van der Waals surface area contributed by atoms with Crippen LogP contribution in [0.1, 0.15) is 39.3 Å². The van der Waals surface area contributed by atoms with Gasteiger partial charge in [0, 0.05) is 27.9 Å². The second-order valence-corrected chi connectivity index (χ2v) is 7.81. The van der Waals surface area contributed by atoms with Crippen molar-refractivity contribution in [2.75, 3.05) is 5.32 Å². The molecule has 1 amide bonds. The van der Waals surface area contributed by atoms with E-state index in [4.69, 9.17) is 11.6 Å². The number of carbonyl (C=O) groups is 1. The van der Waals surface area contributed by atoms with Gasteiger partial charge in [-0.05, 0) is 49.4 Å². The Morgan fingerprint density at radius 2 is 2.12 bits per heavy atom. The lowest BCUT2D eigenvalue weighted by molar-refractivity contribution is 0.102. The number of aryl methyl sites for hydroxylation is 2. The molecule has 126 valence electrons. The lowest BCUT2D eigenvalue weighted by Gasteiger charge is -2.09. The fourth-order valence-corrected chi connectivity index (χ4v) is 4.86.